The topological polar surface area (TPSA) is 133 Å². The van der Waals surface area contributed by atoms with Gasteiger partial charge in [0.1, 0.15) is 0 Å². The first kappa shape index (κ1) is 16.1. The van der Waals surface area contributed by atoms with E-state index in [-0.39, 0.29) is 9.79 Å². The van der Waals surface area contributed by atoms with Gasteiger partial charge in [-0.2, -0.15) is 12.8 Å². The van der Waals surface area contributed by atoms with Crippen molar-refractivity contribution in [1.82, 2.24) is 0 Å². The predicted octanol–water partition coefficient (Wildman–Crippen LogP) is 0.724. The summed E-state index contributed by atoms with van der Waals surface area (Å²) in [6, 6.07) is 11.1. The van der Waals surface area contributed by atoms with Crippen molar-refractivity contribution in [3.63, 3.8) is 0 Å². The smallest absolute Gasteiger partial charge is 0.282 e. The third kappa shape index (κ3) is 3.91. The molecule has 2 rings (SSSR count). The number of sulfonamides is 2. The number of nitrogens with two attached hydrogens (primary N) is 2. The monoisotopic (exact) mass is 339 g/mol. The van der Waals surface area contributed by atoms with E-state index in [9.17, 15) is 16.8 Å². The van der Waals surface area contributed by atoms with Crippen LogP contribution in [0.15, 0.2) is 62.7 Å². The van der Waals surface area contributed by atoms with Gasteiger partial charge in [-0.1, -0.05) is 18.2 Å². The molecular formula is C13H13N3O4S2. The van der Waals surface area contributed by atoms with Gasteiger partial charge in [0.05, 0.1) is 9.79 Å². The molecule has 0 amide bonds. The largest absolute Gasteiger partial charge is 0.399 e. The molecule has 22 heavy (non-hydrogen) atoms. The number of nitrogen functional groups attached to an aromatic ring is 1. The van der Waals surface area contributed by atoms with Crippen molar-refractivity contribution in [3.05, 3.63) is 54.1 Å². The van der Waals surface area contributed by atoms with E-state index < -0.39 is 20.0 Å². The van der Waals surface area contributed by atoms with Crippen molar-refractivity contribution >= 4 is 31.9 Å². The van der Waals surface area contributed by atoms with E-state index in [1.54, 1.807) is 6.07 Å². The maximum Gasteiger partial charge on any atom is 0.282 e. The van der Waals surface area contributed by atoms with Crippen molar-refractivity contribution in [3.8, 4) is 0 Å². The average molecular weight is 339 g/mol. The average Bonchev–Trinajstić information content (AvgIpc) is 2.45. The SMILES string of the molecule is Nc1cccc(S(=O)(=O)N=Cc2ccc(S(N)(=O)=O)cc2)c1. The minimum absolute atomic E-state index is 0.0232. The Bertz CT molecular complexity index is 918. The number of primary sulfonamides is 1. The Kier molecular flexibility index (Phi) is 4.31. The summed E-state index contributed by atoms with van der Waals surface area (Å²) in [4.78, 5) is -0.0896. The van der Waals surface area contributed by atoms with Crippen LogP contribution in [0.3, 0.4) is 0 Å². The molecule has 4 N–H and O–H groups in total. The van der Waals surface area contributed by atoms with Crippen LogP contribution in [0.5, 0.6) is 0 Å². The predicted molar refractivity (Wildman–Crippen MR) is 83.4 cm³/mol. The molecule has 0 aliphatic carbocycles. The lowest BCUT2D eigenvalue weighted by Crippen LogP contribution is -2.11. The number of nitrogens with zero attached hydrogens (tertiary/aromatic N) is 1. The molecule has 0 bridgehead atoms. The summed E-state index contributed by atoms with van der Waals surface area (Å²) >= 11 is 0. The quantitative estimate of drug-likeness (QED) is 0.625. The summed E-state index contributed by atoms with van der Waals surface area (Å²) in [6.07, 6.45) is 1.12. The maximum absolute atomic E-state index is 12.0. The molecule has 116 valence electrons. The summed E-state index contributed by atoms with van der Waals surface area (Å²) in [5, 5.41) is 4.97. The van der Waals surface area contributed by atoms with Gasteiger partial charge in [-0.25, -0.2) is 13.6 Å². The van der Waals surface area contributed by atoms with Gasteiger partial charge in [0, 0.05) is 11.9 Å². The second-order valence-corrected chi connectivity index (χ2v) is 7.59. The first-order valence-electron chi connectivity index (χ1n) is 5.97. The zero-order chi connectivity index (χ0) is 16.4. The van der Waals surface area contributed by atoms with Gasteiger partial charge in [-0.05, 0) is 35.9 Å². The number of hydrogen-bond acceptors (Lipinski definition) is 5. The van der Waals surface area contributed by atoms with Gasteiger partial charge in [-0.15, -0.1) is 0 Å². The fraction of sp³-hybridized carbons (Fsp3) is 0. The Labute approximate surface area is 128 Å². The molecule has 2 aromatic rings. The lowest BCUT2D eigenvalue weighted by Gasteiger charge is -2.00. The number of rotatable bonds is 4. The molecule has 2 aromatic carbocycles. The lowest BCUT2D eigenvalue weighted by molar-refractivity contribution is 0.596. The van der Waals surface area contributed by atoms with Gasteiger partial charge in [0.25, 0.3) is 10.0 Å². The van der Waals surface area contributed by atoms with Crippen molar-refractivity contribution in [2.75, 3.05) is 5.73 Å². The molecule has 7 nitrogen and oxygen atoms in total. The van der Waals surface area contributed by atoms with Gasteiger partial charge < -0.3 is 5.73 Å². The first-order chi connectivity index (χ1) is 10.2. The standard InChI is InChI=1S/C13H13N3O4S2/c14-11-2-1-3-13(8-11)22(19,20)16-9-10-4-6-12(7-5-10)21(15,17)18/h1-9H,14H2,(H2,15,17,18). The van der Waals surface area contributed by atoms with Crippen LogP contribution in [0, 0.1) is 0 Å². The number of benzene rings is 2. The highest BCUT2D eigenvalue weighted by Gasteiger charge is 2.12. The minimum Gasteiger partial charge on any atom is -0.399 e. The van der Waals surface area contributed by atoms with Crippen LogP contribution in [0.25, 0.3) is 0 Å². The third-order valence-corrected chi connectivity index (χ3v) is 4.87. The highest BCUT2D eigenvalue weighted by molar-refractivity contribution is 7.90. The fourth-order valence-corrected chi connectivity index (χ4v) is 3.04. The zero-order valence-electron chi connectivity index (χ0n) is 11.2. The van der Waals surface area contributed by atoms with Crippen LogP contribution in [-0.2, 0) is 20.0 Å². The van der Waals surface area contributed by atoms with Crippen LogP contribution in [-0.4, -0.2) is 23.1 Å². The van der Waals surface area contributed by atoms with E-state index in [0.29, 0.717) is 11.3 Å². The fourth-order valence-electron chi connectivity index (χ4n) is 1.61. The van der Waals surface area contributed by atoms with E-state index in [1.165, 1.54) is 42.5 Å². The first-order valence-corrected chi connectivity index (χ1v) is 8.96. The maximum atomic E-state index is 12.0. The van der Waals surface area contributed by atoms with Crippen LogP contribution in [0.4, 0.5) is 5.69 Å². The molecular weight excluding hydrogens is 326 g/mol. The Hall–Kier alpha value is -2.23. The number of hydrogen-bond donors (Lipinski definition) is 2. The molecule has 0 unspecified atom stereocenters. The lowest BCUT2D eigenvalue weighted by atomic mass is 10.2. The molecule has 9 heteroatoms. The molecule has 0 atom stereocenters. The molecule has 0 fully saturated rings. The highest BCUT2D eigenvalue weighted by atomic mass is 32.2. The Balaban J connectivity index is 2.28. The van der Waals surface area contributed by atoms with Crippen LogP contribution >= 0.6 is 0 Å². The normalized spacial score (nSPS) is 12.6. The molecule has 0 aliphatic rings. The van der Waals surface area contributed by atoms with Crippen LogP contribution in [0.1, 0.15) is 5.56 Å². The second-order valence-electron chi connectivity index (χ2n) is 4.40. The Morgan fingerprint density at radius 3 is 2.09 bits per heavy atom. The van der Waals surface area contributed by atoms with Crippen LogP contribution in [0.2, 0.25) is 0 Å². The molecule has 0 saturated carbocycles. The number of anilines is 1. The van der Waals surface area contributed by atoms with E-state index >= 15 is 0 Å². The van der Waals surface area contributed by atoms with E-state index in [0.717, 1.165) is 6.21 Å². The molecule has 0 spiro atoms. The molecule has 0 saturated heterocycles. The Morgan fingerprint density at radius 2 is 1.55 bits per heavy atom. The summed E-state index contributed by atoms with van der Waals surface area (Å²) < 4.78 is 49.8. The van der Waals surface area contributed by atoms with Crippen molar-refractivity contribution in [1.29, 1.82) is 0 Å². The third-order valence-electron chi connectivity index (χ3n) is 2.71. The van der Waals surface area contributed by atoms with Crippen LogP contribution < -0.4 is 10.9 Å². The Morgan fingerprint density at radius 1 is 0.909 bits per heavy atom. The van der Waals surface area contributed by atoms with Gasteiger partial charge >= 0.3 is 0 Å². The van der Waals surface area contributed by atoms with Crippen molar-refractivity contribution in [2.45, 2.75) is 9.79 Å². The van der Waals surface area contributed by atoms with Crippen molar-refractivity contribution < 1.29 is 16.8 Å². The van der Waals surface area contributed by atoms with E-state index in [4.69, 9.17) is 10.9 Å². The van der Waals surface area contributed by atoms with E-state index in [1.807, 2.05) is 0 Å². The summed E-state index contributed by atoms with van der Waals surface area (Å²) in [5.74, 6) is 0. The molecule has 0 aromatic heterocycles. The molecule has 0 radical (unpaired) electrons. The highest BCUT2D eigenvalue weighted by Crippen LogP contribution is 2.15. The second kappa shape index (κ2) is 5.87. The van der Waals surface area contributed by atoms with E-state index in [2.05, 4.69) is 4.40 Å². The molecule has 0 aliphatic heterocycles. The van der Waals surface area contributed by atoms with Gasteiger partial charge in [0.2, 0.25) is 10.0 Å². The van der Waals surface area contributed by atoms with Gasteiger partial charge in [0.15, 0.2) is 0 Å². The summed E-state index contributed by atoms with van der Waals surface area (Å²) in [6.45, 7) is 0. The summed E-state index contributed by atoms with van der Waals surface area (Å²) in [5.41, 5.74) is 6.27. The van der Waals surface area contributed by atoms with Crippen molar-refractivity contribution in [2.24, 2.45) is 9.54 Å². The minimum atomic E-state index is -3.87. The summed E-state index contributed by atoms with van der Waals surface area (Å²) in [7, 11) is -7.66. The van der Waals surface area contributed by atoms with Gasteiger partial charge in [-0.3, -0.25) is 0 Å². The zero-order valence-corrected chi connectivity index (χ0v) is 12.9. The molecule has 0 heterocycles.